The van der Waals surface area contributed by atoms with Gasteiger partial charge in [-0.05, 0) is 36.6 Å². The van der Waals surface area contributed by atoms with Crippen molar-refractivity contribution in [2.75, 3.05) is 6.61 Å². The molecule has 0 saturated carbocycles. The molecule has 2 N–H and O–H groups in total. The zero-order valence-electron chi connectivity index (χ0n) is 13.6. The third-order valence-corrected chi connectivity index (χ3v) is 3.61. The van der Waals surface area contributed by atoms with Gasteiger partial charge in [-0.1, -0.05) is 42.5 Å². The van der Waals surface area contributed by atoms with Gasteiger partial charge in [0.05, 0.1) is 12.2 Å². The number of aromatic carboxylic acids is 1. The molecule has 0 spiro atoms. The summed E-state index contributed by atoms with van der Waals surface area (Å²) in [7, 11) is 0. The van der Waals surface area contributed by atoms with Crippen molar-refractivity contribution < 1.29 is 19.4 Å². The van der Waals surface area contributed by atoms with E-state index < -0.39 is 12.0 Å². The van der Waals surface area contributed by atoms with E-state index >= 15 is 0 Å². The molecule has 2 rings (SSSR count). The van der Waals surface area contributed by atoms with E-state index in [-0.39, 0.29) is 11.5 Å². The minimum atomic E-state index is -0.956. The molecule has 5 nitrogen and oxygen atoms in total. The SMILES string of the molecule is CCOC(=O)C(Cc1ccccc1)NCc1ccc(C(=O)O)cc1. The van der Waals surface area contributed by atoms with Crippen LogP contribution in [0.1, 0.15) is 28.4 Å². The van der Waals surface area contributed by atoms with Crippen molar-refractivity contribution in [3.8, 4) is 0 Å². The van der Waals surface area contributed by atoms with Gasteiger partial charge in [0.25, 0.3) is 0 Å². The topological polar surface area (TPSA) is 75.6 Å². The number of hydrogen-bond acceptors (Lipinski definition) is 4. The summed E-state index contributed by atoms with van der Waals surface area (Å²) in [6.45, 7) is 2.57. The lowest BCUT2D eigenvalue weighted by Gasteiger charge is -2.17. The number of benzene rings is 2. The van der Waals surface area contributed by atoms with Crippen molar-refractivity contribution in [3.63, 3.8) is 0 Å². The van der Waals surface area contributed by atoms with Crippen molar-refractivity contribution >= 4 is 11.9 Å². The Balaban J connectivity index is 2.01. The third kappa shape index (κ3) is 5.21. The maximum Gasteiger partial charge on any atom is 0.335 e. The Hall–Kier alpha value is -2.66. The van der Waals surface area contributed by atoms with Crippen LogP contribution >= 0.6 is 0 Å². The average molecular weight is 327 g/mol. The number of ether oxygens (including phenoxy) is 1. The molecular formula is C19H21NO4. The quantitative estimate of drug-likeness (QED) is 0.729. The van der Waals surface area contributed by atoms with Crippen molar-refractivity contribution in [2.24, 2.45) is 0 Å². The largest absolute Gasteiger partial charge is 0.478 e. The second kappa shape index (κ2) is 8.84. The lowest BCUT2D eigenvalue weighted by molar-refractivity contribution is -0.145. The lowest BCUT2D eigenvalue weighted by atomic mass is 10.1. The molecule has 2 aromatic rings. The van der Waals surface area contributed by atoms with Crippen LogP contribution in [0.15, 0.2) is 54.6 Å². The lowest BCUT2D eigenvalue weighted by Crippen LogP contribution is -2.39. The second-order valence-corrected chi connectivity index (χ2v) is 5.38. The first-order chi connectivity index (χ1) is 11.6. The average Bonchev–Trinajstić information content (AvgIpc) is 2.60. The van der Waals surface area contributed by atoms with E-state index in [9.17, 15) is 9.59 Å². The fraction of sp³-hybridized carbons (Fsp3) is 0.263. The Labute approximate surface area is 141 Å². The molecular weight excluding hydrogens is 306 g/mol. The fourth-order valence-electron chi connectivity index (χ4n) is 2.34. The monoisotopic (exact) mass is 327 g/mol. The smallest absolute Gasteiger partial charge is 0.335 e. The maximum absolute atomic E-state index is 12.1. The third-order valence-electron chi connectivity index (χ3n) is 3.61. The molecule has 0 heterocycles. The van der Waals surface area contributed by atoms with Crippen molar-refractivity contribution in [2.45, 2.75) is 25.9 Å². The van der Waals surface area contributed by atoms with E-state index in [1.807, 2.05) is 30.3 Å². The predicted molar refractivity (Wildman–Crippen MR) is 90.8 cm³/mol. The number of carbonyl (C=O) groups is 2. The molecule has 1 unspecified atom stereocenters. The summed E-state index contributed by atoms with van der Waals surface area (Å²) in [5, 5.41) is 12.1. The van der Waals surface area contributed by atoms with Gasteiger partial charge in [0.1, 0.15) is 6.04 Å². The predicted octanol–water partition coefficient (Wildman–Crippen LogP) is 2.65. The van der Waals surface area contributed by atoms with Crippen molar-refractivity contribution in [1.82, 2.24) is 5.32 Å². The first-order valence-electron chi connectivity index (χ1n) is 7.86. The molecule has 0 aliphatic carbocycles. The van der Waals surface area contributed by atoms with Gasteiger partial charge >= 0.3 is 11.9 Å². The van der Waals surface area contributed by atoms with Gasteiger partial charge in [-0.25, -0.2) is 4.79 Å². The van der Waals surface area contributed by atoms with E-state index in [2.05, 4.69) is 5.32 Å². The van der Waals surface area contributed by atoms with Crippen LogP contribution in [0.5, 0.6) is 0 Å². The summed E-state index contributed by atoms with van der Waals surface area (Å²) in [6.07, 6.45) is 0.535. The minimum Gasteiger partial charge on any atom is -0.478 e. The Kier molecular flexibility index (Phi) is 6.51. The van der Waals surface area contributed by atoms with E-state index in [0.29, 0.717) is 19.6 Å². The van der Waals surface area contributed by atoms with Crippen LogP contribution in [-0.4, -0.2) is 29.7 Å². The molecule has 0 bridgehead atoms. The molecule has 1 atom stereocenters. The molecule has 0 saturated heterocycles. The Morgan fingerprint density at radius 1 is 1.04 bits per heavy atom. The summed E-state index contributed by atoms with van der Waals surface area (Å²) in [5.41, 5.74) is 2.19. The van der Waals surface area contributed by atoms with Crippen LogP contribution in [0.3, 0.4) is 0 Å². The maximum atomic E-state index is 12.1. The van der Waals surface area contributed by atoms with E-state index in [0.717, 1.165) is 11.1 Å². The summed E-state index contributed by atoms with van der Waals surface area (Å²) >= 11 is 0. The van der Waals surface area contributed by atoms with Gasteiger partial charge in [0, 0.05) is 6.54 Å². The molecule has 0 amide bonds. The Morgan fingerprint density at radius 2 is 1.71 bits per heavy atom. The van der Waals surface area contributed by atoms with Crippen molar-refractivity contribution in [1.29, 1.82) is 0 Å². The molecule has 0 fully saturated rings. The van der Waals surface area contributed by atoms with Crippen LogP contribution in [0, 0.1) is 0 Å². The summed E-state index contributed by atoms with van der Waals surface area (Å²) < 4.78 is 5.14. The highest BCUT2D eigenvalue weighted by molar-refractivity contribution is 5.87. The Bertz CT molecular complexity index is 668. The van der Waals surface area contributed by atoms with Gasteiger partial charge in [-0.3, -0.25) is 4.79 Å². The molecule has 2 aromatic carbocycles. The van der Waals surface area contributed by atoms with Gasteiger partial charge in [-0.15, -0.1) is 0 Å². The first-order valence-corrected chi connectivity index (χ1v) is 7.86. The zero-order chi connectivity index (χ0) is 17.4. The molecule has 24 heavy (non-hydrogen) atoms. The number of hydrogen-bond donors (Lipinski definition) is 2. The van der Waals surface area contributed by atoms with E-state index in [1.165, 1.54) is 0 Å². The highest BCUT2D eigenvalue weighted by Gasteiger charge is 2.19. The standard InChI is InChI=1S/C19H21NO4/c1-2-24-19(23)17(12-14-6-4-3-5-7-14)20-13-15-8-10-16(11-9-15)18(21)22/h3-11,17,20H,2,12-13H2,1H3,(H,21,22). The van der Waals surface area contributed by atoms with E-state index in [1.54, 1.807) is 31.2 Å². The number of rotatable bonds is 8. The Morgan fingerprint density at radius 3 is 2.29 bits per heavy atom. The normalized spacial score (nSPS) is 11.7. The number of nitrogens with one attached hydrogen (secondary N) is 1. The number of carbonyl (C=O) groups excluding carboxylic acids is 1. The van der Waals surface area contributed by atoms with Crippen LogP contribution < -0.4 is 5.32 Å². The van der Waals surface area contributed by atoms with Gasteiger partial charge in [0.2, 0.25) is 0 Å². The van der Waals surface area contributed by atoms with Crippen LogP contribution in [0.25, 0.3) is 0 Å². The minimum absolute atomic E-state index is 0.241. The molecule has 126 valence electrons. The van der Waals surface area contributed by atoms with Gasteiger partial charge in [0.15, 0.2) is 0 Å². The number of esters is 1. The fourth-order valence-corrected chi connectivity index (χ4v) is 2.34. The van der Waals surface area contributed by atoms with Crippen LogP contribution in [-0.2, 0) is 22.5 Å². The molecule has 0 radical (unpaired) electrons. The zero-order valence-corrected chi connectivity index (χ0v) is 13.6. The highest BCUT2D eigenvalue weighted by atomic mass is 16.5. The van der Waals surface area contributed by atoms with E-state index in [4.69, 9.17) is 9.84 Å². The highest BCUT2D eigenvalue weighted by Crippen LogP contribution is 2.08. The number of carboxylic acid groups (broad SMARTS) is 1. The first kappa shape index (κ1) is 17.7. The summed E-state index contributed by atoms with van der Waals surface area (Å²) in [5.74, 6) is -1.24. The molecule has 0 aliphatic heterocycles. The van der Waals surface area contributed by atoms with Crippen LogP contribution in [0.2, 0.25) is 0 Å². The summed E-state index contributed by atoms with van der Waals surface area (Å²) in [4.78, 5) is 23.0. The summed E-state index contributed by atoms with van der Waals surface area (Å²) in [6, 6.07) is 15.9. The molecule has 0 aliphatic rings. The molecule has 0 aromatic heterocycles. The van der Waals surface area contributed by atoms with Crippen LogP contribution in [0.4, 0.5) is 0 Å². The van der Waals surface area contributed by atoms with Gasteiger partial charge in [-0.2, -0.15) is 0 Å². The second-order valence-electron chi connectivity index (χ2n) is 5.38. The van der Waals surface area contributed by atoms with Gasteiger partial charge < -0.3 is 15.2 Å². The number of carboxylic acids is 1. The van der Waals surface area contributed by atoms with Crippen molar-refractivity contribution in [3.05, 3.63) is 71.3 Å². The molecule has 5 heteroatoms.